The van der Waals surface area contributed by atoms with E-state index in [0.717, 1.165) is 13.0 Å². The highest BCUT2D eigenvalue weighted by Crippen LogP contribution is 2.26. The number of aliphatic carboxylic acids is 1. The molecule has 0 radical (unpaired) electrons. The van der Waals surface area contributed by atoms with Gasteiger partial charge in [0.05, 0.1) is 6.42 Å². The fourth-order valence-corrected chi connectivity index (χ4v) is 1.48. The third-order valence-electron chi connectivity index (χ3n) is 2.38. The molecule has 1 aliphatic rings. The van der Waals surface area contributed by atoms with E-state index in [1.165, 1.54) is 12.8 Å². The number of carboxylic acid groups (broad SMARTS) is 1. The lowest BCUT2D eigenvalue weighted by Crippen LogP contribution is -2.29. The van der Waals surface area contributed by atoms with Crippen molar-refractivity contribution in [2.45, 2.75) is 38.6 Å². The first kappa shape index (κ1) is 11.1. The number of carbonyl (C=O) groups is 1. The lowest BCUT2D eigenvalue weighted by molar-refractivity contribution is -0.137. The smallest absolute Gasteiger partial charge is 0.304 e. The van der Waals surface area contributed by atoms with Crippen LogP contribution in [0.3, 0.4) is 0 Å². The van der Waals surface area contributed by atoms with Crippen LogP contribution in [0.25, 0.3) is 0 Å². The molecule has 0 spiro atoms. The van der Waals surface area contributed by atoms with Gasteiger partial charge in [-0.15, -0.1) is 11.8 Å². The number of rotatable bonds is 6. The summed E-state index contributed by atoms with van der Waals surface area (Å²) in [7, 11) is 0. The molecule has 0 aliphatic heterocycles. The average molecular weight is 195 g/mol. The molecule has 1 saturated carbocycles. The van der Waals surface area contributed by atoms with Crippen LogP contribution in [0.15, 0.2) is 0 Å². The predicted octanol–water partition coefficient (Wildman–Crippen LogP) is 1.34. The van der Waals surface area contributed by atoms with Gasteiger partial charge in [0.25, 0.3) is 0 Å². The first-order chi connectivity index (χ1) is 6.74. The second kappa shape index (κ2) is 5.66. The third kappa shape index (κ3) is 4.29. The fraction of sp³-hybridized carbons (Fsp3) is 0.727. The predicted molar refractivity (Wildman–Crippen MR) is 54.9 cm³/mol. The highest BCUT2D eigenvalue weighted by Gasteiger charge is 2.28. The monoisotopic (exact) mass is 195 g/mol. The van der Waals surface area contributed by atoms with Crippen LogP contribution >= 0.6 is 0 Å². The number of nitrogens with zero attached hydrogens (tertiary/aromatic N) is 1. The minimum absolute atomic E-state index is 0.246. The van der Waals surface area contributed by atoms with Crippen molar-refractivity contribution >= 4 is 5.97 Å². The van der Waals surface area contributed by atoms with Crippen molar-refractivity contribution in [2.24, 2.45) is 0 Å². The zero-order valence-corrected chi connectivity index (χ0v) is 8.62. The van der Waals surface area contributed by atoms with E-state index in [9.17, 15) is 4.79 Å². The number of hydrogen-bond acceptors (Lipinski definition) is 2. The van der Waals surface area contributed by atoms with Gasteiger partial charge in [-0.3, -0.25) is 9.69 Å². The molecule has 14 heavy (non-hydrogen) atoms. The molecule has 1 N–H and O–H groups in total. The maximum Gasteiger partial charge on any atom is 0.304 e. The van der Waals surface area contributed by atoms with Gasteiger partial charge in [0.1, 0.15) is 0 Å². The number of hydrogen-bond donors (Lipinski definition) is 1. The lowest BCUT2D eigenvalue weighted by atomic mass is 10.3. The molecular weight excluding hydrogens is 178 g/mol. The molecule has 0 amide bonds. The average Bonchev–Trinajstić information content (AvgIpc) is 2.94. The van der Waals surface area contributed by atoms with E-state index in [0.29, 0.717) is 12.6 Å². The van der Waals surface area contributed by atoms with Crippen LogP contribution in [0, 0.1) is 11.8 Å². The van der Waals surface area contributed by atoms with Gasteiger partial charge in [-0.1, -0.05) is 0 Å². The molecule has 0 aromatic carbocycles. The second-order valence-corrected chi connectivity index (χ2v) is 3.59. The molecule has 0 bridgehead atoms. The molecule has 0 saturated heterocycles. The molecular formula is C11H17NO2. The van der Waals surface area contributed by atoms with Gasteiger partial charge in [-0.2, -0.15) is 0 Å². The highest BCUT2D eigenvalue weighted by molar-refractivity contribution is 5.66. The summed E-state index contributed by atoms with van der Waals surface area (Å²) in [4.78, 5) is 12.7. The Morgan fingerprint density at radius 3 is 2.71 bits per heavy atom. The summed E-state index contributed by atoms with van der Waals surface area (Å²) in [5, 5.41) is 8.58. The van der Waals surface area contributed by atoms with Crippen molar-refractivity contribution in [3.63, 3.8) is 0 Å². The first-order valence-corrected chi connectivity index (χ1v) is 5.09. The van der Waals surface area contributed by atoms with E-state index in [1.807, 2.05) is 6.92 Å². The van der Waals surface area contributed by atoms with Gasteiger partial charge in [-0.25, -0.2) is 0 Å². The van der Waals surface area contributed by atoms with Crippen molar-refractivity contribution in [2.75, 3.05) is 13.1 Å². The second-order valence-electron chi connectivity index (χ2n) is 3.59. The van der Waals surface area contributed by atoms with E-state index in [1.54, 1.807) is 0 Å². The Morgan fingerprint density at radius 2 is 2.21 bits per heavy atom. The molecule has 0 aromatic heterocycles. The van der Waals surface area contributed by atoms with Gasteiger partial charge in [0.2, 0.25) is 0 Å². The van der Waals surface area contributed by atoms with Gasteiger partial charge in [0.15, 0.2) is 0 Å². The minimum Gasteiger partial charge on any atom is -0.481 e. The molecule has 1 fully saturated rings. The molecule has 1 aliphatic carbocycles. The Labute approximate surface area is 85.1 Å². The van der Waals surface area contributed by atoms with Crippen molar-refractivity contribution in [1.29, 1.82) is 0 Å². The Hall–Kier alpha value is -1.01. The van der Waals surface area contributed by atoms with Crippen LogP contribution < -0.4 is 0 Å². The Balaban J connectivity index is 2.22. The van der Waals surface area contributed by atoms with Crippen LogP contribution in [-0.2, 0) is 4.79 Å². The lowest BCUT2D eigenvalue weighted by Gasteiger charge is -2.19. The van der Waals surface area contributed by atoms with E-state index < -0.39 is 5.97 Å². The van der Waals surface area contributed by atoms with Crippen LogP contribution in [0.4, 0.5) is 0 Å². The Morgan fingerprint density at radius 1 is 1.50 bits per heavy atom. The summed E-state index contributed by atoms with van der Waals surface area (Å²) in [5.41, 5.74) is 0. The summed E-state index contributed by atoms with van der Waals surface area (Å²) in [6.45, 7) is 3.42. The minimum atomic E-state index is -0.711. The van der Waals surface area contributed by atoms with E-state index in [4.69, 9.17) is 5.11 Å². The zero-order chi connectivity index (χ0) is 10.4. The van der Waals surface area contributed by atoms with E-state index in [2.05, 4.69) is 16.7 Å². The molecule has 3 heteroatoms. The fourth-order valence-electron chi connectivity index (χ4n) is 1.48. The maximum atomic E-state index is 10.4. The van der Waals surface area contributed by atoms with Crippen LogP contribution in [0.2, 0.25) is 0 Å². The van der Waals surface area contributed by atoms with Crippen LogP contribution in [-0.4, -0.2) is 35.1 Å². The molecule has 78 valence electrons. The third-order valence-corrected chi connectivity index (χ3v) is 2.38. The van der Waals surface area contributed by atoms with Gasteiger partial charge >= 0.3 is 5.97 Å². The van der Waals surface area contributed by atoms with Gasteiger partial charge in [0, 0.05) is 25.6 Å². The van der Waals surface area contributed by atoms with Crippen LogP contribution in [0.5, 0.6) is 0 Å². The quantitative estimate of drug-likeness (QED) is 0.650. The van der Waals surface area contributed by atoms with E-state index >= 15 is 0 Å². The highest BCUT2D eigenvalue weighted by atomic mass is 16.4. The van der Waals surface area contributed by atoms with E-state index in [-0.39, 0.29) is 6.42 Å². The normalized spacial score (nSPS) is 15.0. The summed E-state index contributed by atoms with van der Waals surface area (Å²) in [5.74, 6) is 5.15. The number of carboxylic acids is 1. The summed E-state index contributed by atoms with van der Waals surface area (Å²) >= 11 is 0. The van der Waals surface area contributed by atoms with Crippen molar-refractivity contribution in [3.8, 4) is 11.8 Å². The molecule has 0 unspecified atom stereocenters. The standard InChI is InChI=1S/C11H17NO2/c1-2-3-4-8-12(10-5-6-10)9-7-11(13)14/h10H,4-9H2,1H3,(H,13,14). The Kier molecular flexibility index (Phi) is 4.48. The molecule has 1 rings (SSSR count). The zero-order valence-electron chi connectivity index (χ0n) is 8.62. The van der Waals surface area contributed by atoms with Crippen molar-refractivity contribution < 1.29 is 9.90 Å². The van der Waals surface area contributed by atoms with Crippen LogP contribution in [0.1, 0.15) is 32.6 Å². The SMILES string of the molecule is CC#CCCN(CCC(=O)O)C1CC1. The van der Waals surface area contributed by atoms with Crippen molar-refractivity contribution in [3.05, 3.63) is 0 Å². The first-order valence-electron chi connectivity index (χ1n) is 5.09. The summed E-state index contributed by atoms with van der Waals surface area (Å²) < 4.78 is 0. The molecule has 0 atom stereocenters. The largest absolute Gasteiger partial charge is 0.481 e. The van der Waals surface area contributed by atoms with Gasteiger partial charge < -0.3 is 5.11 Å². The molecule has 0 heterocycles. The molecule has 3 nitrogen and oxygen atoms in total. The summed E-state index contributed by atoms with van der Waals surface area (Å²) in [6.07, 6.45) is 3.54. The Bertz CT molecular complexity index is 248. The molecule has 0 aromatic rings. The maximum absolute atomic E-state index is 10.4. The summed E-state index contributed by atoms with van der Waals surface area (Å²) in [6, 6.07) is 0.632. The van der Waals surface area contributed by atoms with Crippen molar-refractivity contribution in [1.82, 2.24) is 4.90 Å². The van der Waals surface area contributed by atoms with Gasteiger partial charge in [-0.05, 0) is 19.8 Å². The topological polar surface area (TPSA) is 40.5 Å².